The van der Waals surface area contributed by atoms with Crippen LogP contribution in [0, 0.1) is 0 Å². The van der Waals surface area contributed by atoms with Gasteiger partial charge in [-0.1, -0.05) is 19.9 Å². The third-order valence-electron chi connectivity index (χ3n) is 4.02. The van der Waals surface area contributed by atoms with E-state index in [9.17, 15) is 0 Å². The molecule has 114 valence electrons. The van der Waals surface area contributed by atoms with Crippen LogP contribution in [-0.2, 0) is 0 Å². The zero-order chi connectivity index (χ0) is 15.1. The van der Waals surface area contributed by atoms with E-state index in [4.69, 9.17) is 0 Å². The van der Waals surface area contributed by atoms with Crippen LogP contribution in [0.3, 0.4) is 0 Å². The Morgan fingerprint density at radius 3 is 2.76 bits per heavy atom. The van der Waals surface area contributed by atoms with E-state index in [0.29, 0.717) is 6.04 Å². The van der Waals surface area contributed by atoms with E-state index >= 15 is 0 Å². The number of aromatic nitrogens is 1. The summed E-state index contributed by atoms with van der Waals surface area (Å²) in [7, 11) is 0. The molecular formula is C18H27N3. The molecule has 1 atom stereocenters. The van der Waals surface area contributed by atoms with Crippen molar-refractivity contribution in [3.05, 3.63) is 36.5 Å². The zero-order valence-electron chi connectivity index (χ0n) is 13.5. The molecule has 0 aliphatic rings. The summed E-state index contributed by atoms with van der Waals surface area (Å²) >= 11 is 0. The Morgan fingerprint density at radius 2 is 2.00 bits per heavy atom. The Labute approximate surface area is 128 Å². The van der Waals surface area contributed by atoms with E-state index < -0.39 is 0 Å². The SMILES string of the molecule is CCN(CC)CCCC(C)Nc1ccc2ncccc2c1. The Morgan fingerprint density at radius 1 is 1.19 bits per heavy atom. The van der Waals surface area contributed by atoms with Gasteiger partial charge in [-0.3, -0.25) is 4.98 Å². The number of fused-ring (bicyclic) bond motifs is 1. The number of rotatable bonds is 8. The van der Waals surface area contributed by atoms with Crippen molar-refractivity contribution < 1.29 is 0 Å². The molecule has 2 aromatic rings. The fourth-order valence-electron chi connectivity index (χ4n) is 2.68. The minimum Gasteiger partial charge on any atom is -0.383 e. The van der Waals surface area contributed by atoms with Crippen LogP contribution in [0.4, 0.5) is 5.69 Å². The van der Waals surface area contributed by atoms with Crippen molar-refractivity contribution in [3.8, 4) is 0 Å². The van der Waals surface area contributed by atoms with E-state index in [2.05, 4.69) is 60.2 Å². The van der Waals surface area contributed by atoms with E-state index in [1.54, 1.807) is 0 Å². The van der Waals surface area contributed by atoms with Crippen LogP contribution in [0.5, 0.6) is 0 Å². The van der Waals surface area contributed by atoms with E-state index in [1.165, 1.54) is 30.5 Å². The second-order valence-corrected chi connectivity index (χ2v) is 5.63. The van der Waals surface area contributed by atoms with E-state index in [1.807, 2.05) is 12.3 Å². The third-order valence-corrected chi connectivity index (χ3v) is 4.02. The highest BCUT2D eigenvalue weighted by Gasteiger charge is 2.05. The summed E-state index contributed by atoms with van der Waals surface area (Å²) in [6, 6.07) is 11.0. The van der Waals surface area contributed by atoms with Crippen molar-refractivity contribution in [2.24, 2.45) is 0 Å². The van der Waals surface area contributed by atoms with Crippen LogP contribution in [-0.4, -0.2) is 35.6 Å². The molecule has 0 spiro atoms. The van der Waals surface area contributed by atoms with Crippen molar-refractivity contribution in [2.45, 2.75) is 39.7 Å². The first-order chi connectivity index (χ1) is 10.2. The summed E-state index contributed by atoms with van der Waals surface area (Å²) in [5.74, 6) is 0. The molecule has 0 amide bonds. The van der Waals surface area contributed by atoms with Gasteiger partial charge >= 0.3 is 0 Å². The molecule has 0 aliphatic heterocycles. The topological polar surface area (TPSA) is 28.2 Å². The van der Waals surface area contributed by atoms with Gasteiger partial charge in [0, 0.05) is 23.3 Å². The highest BCUT2D eigenvalue weighted by atomic mass is 15.1. The number of nitrogens with zero attached hydrogens (tertiary/aromatic N) is 2. The number of hydrogen-bond acceptors (Lipinski definition) is 3. The summed E-state index contributed by atoms with van der Waals surface area (Å²) in [5, 5.41) is 4.79. The number of hydrogen-bond donors (Lipinski definition) is 1. The molecule has 0 saturated heterocycles. The average Bonchev–Trinajstić information content (AvgIpc) is 2.51. The minimum absolute atomic E-state index is 0.495. The summed E-state index contributed by atoms with van der Waals surface area (Å²) in [6.07, 6.45) is 4.28. The minimum atomic E-state index is 0.495. The molecule has 0 aliphatic carbocycles. The van der Waals surface area contributed by atoms with E-state index in [-0.39, 0.29) is 0 Å². The maximum absolute atomic E-state index is 4.36. The molecule has 1 aromatic carbocycles. The van der Waals surface area contributed by atoms with Gasteiger partial charge < -0.3 is 10.2 Å². The molecule has 3 heteroatoms. The summed E-state index contributed by atoms with van der Waals surface area (Å²) < 4.78 is 0. The Balaban J connectivity index is 1.85. The van der Waals surface area contributed by atoms with Crippen molar-refractivity contribution in [1.82, 2.24) is 9.88 Å². The quantitative estimate of drug-likeness (QED) is 0.789. The lowest BCUT2D eigenvalue weighted by atomic mass is 10.1. The van der Waals surface area contributed by atoms with Gasteiger partial charge in [-0.15, -0.1) is 0 Å². The molecule has 0 saturated carbocycles. The lowest BCUT2D eigenvalue weighted by molar-refractivity contribution is 0.295. The number of pyridine rings is 1. The lowest BCUT2D eigenvalue weighted by Gasteiger charge is -2.20. The van der Waals surface area contributed by atoms with Crippen LogP contribution < -0.4 is 5.32 Å². The van der Waals surface area contributed by atoms with Crippen LogP contribution in [0.15, 0.2) is 36.5 Å². The number of anilines is 1. The highest BCUT2D eigenvalue weighted by Crippen LogP contribution is 2.18. The molecule has 1 N–H and O–H groups in total. The van der Waals surface area contributed by atoms with Gasteiger partial charge in [0.1, 0.15) is 0 Å². The second-order valence-electron chi connectivity index (χ2n) is 5.63. The summed E-state index contributed by atoms with van der Waals surface area (Å²) in [5.41, 5.74) is 2.24. The van der Waals surface area contributed by atoms with Crippen LogP contribution in [0.25, 0.3) is 10.9 Å². The summed E-state index contributed by atoms with van der Waals surface area (Å²) in [6.45, 7) is 10.2. The second kappa shape index (κ2) is 7.99. The molecule has 1 aromatic heterocycles. The Bertz CT molecular complexity index is 549. The van der Waals surface area contributed by atoms with Crippen molar-refractivity contribution >= 4 is 16.6 Å². The largest absolute Gasteiger partial charge is 0.383 e. The average molecular weight is 285 g/mol. The first-order valence-electron chi connectivity index (χ1n) is 8.06. The molecule has 3 nitrogen and oxygen atoms in total. The Kier molecular flexibility index (Phi) is 6.00. The molecule has 0 fully saturated rings. The van der Waals surface area contributed by atoms with Crippen molar-refractivity contribution in [2.75, 3.05) is 25.0 Å². The molecule has 2 rings (SSSR count). The van der Waals surface area contributed by atoms with Gasteiger partial charge in [0.05, 0.1) is 5.52 Å². The van der Waals surface area contributed by atoms with Gasteiger partial charge in [0.2, 0.25) is 0 Å². The fraction of sp³-hybridized carbons (Fsp3) is 0.500. The predicted octanol–water partition coefficient (Wildman–Crippen LogP) is 4.16. The first kappa shape index (κ1) is 15.8. The van der Waals surface area contributed by atoms with Crippen LogP contribution >= 0.6 is 0 Å². The van der Waals surface area contributed by atoms with Crippen LogP contribution in [0.2, 0.25) is 0 Å². The van der Waals surface area contributed by atoms with Gasteiger partial charge in [-0.25, -0.2) is 0 Å². The maximum atomic E-state index is 4.36. The van der Waals surface area contributed by atoms with Gasteiger partial charge in [0.25, 0.3) is 0 Å². The van der Waals surface area contributed by atoms with Crippen LogP contribution in [0.1, 0.15) is 33.6 Å². The van der Waals surface area contributed by atoms with Crippen molar-refractivity contribution in [1.29, 1.82) is 0 Å². The van der Waals surface area contributed by atoms with E-state index in [0.717, 1.165) is 18.6 Å². The molecule has 1 heterocycles. The highest BCUT2D eigenvalue weighted by molar-refractivity contribution is 5.82. The maximum Gasteiger partial charge on any atom is 0.0703 e. The molecule has 1 unspecified atom stereocenters. The molecule has 21 heavy (non-hydrogen) atoms. The molecule has 0 bridgehead atoms. The zero-order valence-corrected chi connectivity index (χ0v) is 13.5. The lowest BCUT2D eigenvalue weighted by Crippen LogP contribution is -2.25. The fourth-order valence-corrected chi connectivity index (χ4v) is 2.68. The molecular weight excluding hydrogens is 258 g/mol. The number of nitrogens with one attached hydrogen (secondary N) is 1. The predicted molar refractivity (Wildman–Crippen MR) is 91.8 cm³/mol. The van der Waals surface area contributed by atoms with Gasteiger partial charge in [-0.2, -0.15) is 0 Å². The van der Waals surface area contributed by atoms with Gasteiger partial charge in [-0.05, 0) is 63.7 Å². The third kappa shape index (κ3) is 4.71. The summed E-state index contributed by atoms with van der Waals surface area (Å²) in [4.78, 5) is 6.84. The normalized spacial score (nSPS) is 12.8. The first-order valence-corrected chi connectivity index (χ1v) is 8.06. The standard InChI is InChI=1S/C18H27N3/c1-4-21(5-2)13-7-8-15(3)20-17-10-11-18-16(14-17)9-6-12-19-18/h6,9-12,14-15,20H,4-5,7-8,13H2,1-3H3. The smallest absolute Gasteiger partial charge is 0.0703 e. The Hall–Kier alpha value is -1.61. The van der Waals surface area contributed by atoms with Gasteiger partial charge in [0.15, 0.2) is 0 Å². The molecule has 0 radical (unpaired) electrons. The van der Waals surface area contributed by atoms with Crippen molar-refractivity contribution in [3.63, 3.8) is 0 Å². The monoisotopic (exact) mass is 285 g/mol. The number of benzene rings is 1.